The largest absolute Gasteiger partial charge is 0.508 e. The highest BCUT2D eigenvalue weighted by atomic mass is 16.5. The van der Waals surface area contributed by atoms with Crippen LogP contribution in [0, 0.1) is 0 Å². The second-order valence-electron chi connectivity index (χ2n) is 7.18. The van der Waals surface area contributed by atoms with Gasteiger partial charge in [-0.15, -0.1) is 0 Å². The molecule has 1 amide bonds. The Balaban J connectivity index is 1.79. The van der Waals surface area contributed by atoms with Crippen LogP contribution in [0.4, 0.5) is 5.69 Å². The number of rotatable bonds is 6. The molecule has 1 aliphatic heterocycles. The van der Waals surface area contributed by atoms with E-state index in [0.717, 1.165) is 12.8 Å². The summed E-state index contributed by atoms with van der Waals surface area (Å²) in [6.45, 7) is 1.13. The molecular weight excluding hydrogens is 400 g/mol. The number of hydrogen-bond donors (Lipinski definition) is 2. The number of ether oxygens (including phenoxy) is 3. The summed E-state index contributed by atoms with van der Waals surface area (Å²) in [7, 11) is 3.09. The molecule has 162 valence electrons. The van der Waals surface area contributed by atoms with Gasteiger partial charge in [0.15, 0.2) is 0 Å². The van der Waals surface area contributed by atoms with Gasteiger partial charge in [0.2, 0.25) is 5.55 Å². The molecule has 0 spiro atoms. The molecule has 2 heterocycles. The Morgan fingerprint density at radius 3 is 2.81 bits per heavy atom. The van der Waals surface area contributed by atoms with Crippen molar-refractivity contribution in [3.8, 4) is 17.2 Å². The van der Waals surface area contributed by atoms with Gasteiger partial charge in [0.25, 0.3) is 5.91 Å². The zero-order valence-electron chi connectivity index (χ0n) is 17.4. The number of hydrogen-bond acceptors (Lipinski definition) is 7. The zero-order valence-corrected chi connectivity index (χ0v) is 17.4. The number of carbonyl (C=O) groups is 1. The summed E-state index contributed by atoms with van der Waals surface area (Å²) >= 11 is 0. The fourth-order valence-electron chi connectivity index (χ4n) is 3.45. The molecule has 1 aliphatic rings. The van der Waals surface area contributed by atoms with Crippen molar-refractivity contribution in [3.63, 3.8) is 0 Å². The highest BCUT2D eigenvalue weighted by Crippen LogP contribution is 2.31. The first-order valence-electron chi connectivity index (χ1n) is 10.0. The van der Waals surface area contributed by atoms with E-state index in [1.165, 1.54) is 19.2 Å². The maximum atomic E-state index is 13.0. The van der Waals surface area contributed by atoms with Crippen molar-refractivity contribution >= 4 is 22.6 Å². The Bertz CT molecular complexity index is 1160. The summed E-state index contributed by atoms with van der Waals surface area (Å²) in [4.78, 5) is 17.5. The Morgan fingerprint density at radius 1 is 1.19 bits per heavy atom. The molecule has 1 aromatic heterocycles. The van der Waals surface area contributed by atoms with Gasteiger partial charge in [-0.25, -0.2) is 4.99 Å². The van der Waals surface area contributed by atoms with Gasteiger partial charge in [-0.3, -0.25) is 4.79 Å². The van der Waals surface area contributed by atoms with Crippen molar-refractivity contribution in [1.29, 1.82) is 0 Å². The van der Waals surface area contributed by atoms with Crippen LogP contribution < -0.4 is 20.3 Å². The van der Waals surface area contributed by atoms with Gasteiger partial charge in [-0.05, 0) is 43.2 Å². The molecule has 8 nitrogen and oxygen atoms in total. The van der Waals surface area contributed by atoms with Gasteiger partial charge >= 0.3 is 0 Å². The van der Waals surface area contributed by atoms with Gasteiger partial charge in [0.05, 0.1) is 20.3 Å². The number of carbonyl (C=O) groups excluding carboxylic acids is 1. The minimum Gasteiger partial charge on any atom is -0.508 e. The normalized spacial score (nSPS) is 16.5. The second-order valence-corrected chi connectivity index (χ2v) is 7.18. The summed E-state index contributed by atoms with van der Waals surface area (Å²) in [5, 5.41) is 13.4. The number of nitrogens with zero attached hydrogens (tertiary/aromatic N) is 1. The average molecular weight is 424 g/mol. The molecule has 8 heteroatoms. The van der Waals surface area contributed by atoms with Crippen molar-refractivity contribution in [1.82, 2.24) is 5.32 Å². The molecule has 0 radical (unpaired) electrons. The highest BCUT2D eigenvalue weighted by molar-refractivity contribution is 5.96. The van der Waals surface area contributed by atoms with Gasteiger partial charge in [0.1, 0.15) is 34.1 Å². The summed E-state index contributed by atoms with van der Waals surface area (Å²) in [5.74, 6) is 0.822. The van der Waals surface area contributed by atoms with Gasteiger partial charge < -0.3 is 29.1 Å². The van der Waals surface area contributed by atoms with E-state index in [-0.39, 0.29) is 28.9 Å². The standard InChI is InChI=1S/C23H24N2O6/c1-28-16-7-8-19(21(12-16)29-2)25-23-18(22(27)24-13-17-4-3-9-30-17)10-14-5-6-15(26)11-20(14)31-23/h5-8,10-12,17,26H,3-4,9,13H2,1-2H3,(H,24,27). The van der Waals surface area contributed by atoms with Crippen LogP contribution in [0.5, 0.6) is 17.2 Å². The maximum Gasteiger partial charge on any atom is 0.256 e. The summed E-state index contributed by atoms with van der Waals surface area (Å²) in [6, 6.07) is 11.5. The first-order valence-corrected chi connectivity index (χ1v) is 10.0. The fraction of sp³-hybridized carbons (Fsp3) is 0.304. The van der Waals surface area contributed by atoms with Gasteiger partial charge in [-0.1, -0.05) is 0 Å². The minimum atomic E-state index is -0.319. The Hall–Kier alpha value is -3.52. The highest BCUT2D eigenvalue weighted by Gasteiger charge is 2.19. The first kappa shape index (κ1) is 20.7. The third-order valence-corrected chi connectivity index (χ3v) is 5.10. The zero-order chi connectivity index (χ0) is 21.8. The lowest BCUT2D eigenvalue weighted by molar-refractivity contribution is 0.0854. The lowest BCUT2D eigenvalue weighted by Gasteiger charge is -2.11. The molecule has 1 fully saturated rings. The molecule has 0 aliphatic carbocycles. The topological polar surface area (TPSA) is 103 Å². The van der Waals surface area contributed by atoms with Crippen molar-refractivity contribution in [2.45, 2.75) is 18.9 Å². The van der Waals surface area contributed by atoms with Crippen LogP contribution in [0.2, 0.25) is 0 Å². The lowest BCUT2D eigenvalue weighted by atomic mass is 10.1. The molecule has 1 atom stereocenters. The van der Waals surface area contributed by atoms with Crippen molar-refractivity contribution in [3.05, 3.63) is 53.6 Å². The summed E-state index contributed by atoms with van der Waals surface area (Å²) in [6.07, 6.45) is 1.93. The number of phenolic OH excluding ortho intramolecular Hbond substituents is 1. The minimum absolute atomic E-state index is 0.0142. The maximum absolute atomic E-state index is 13.0. The summed E-state index contributed by atoms with van der Waals surface area (Å²) in [5.41, 5.74) is 1.25. The quantitative estimate of drug-likeness (QED) is 0.630. The van der Waals surface area contributed by atoms with Crippen molar-refractivity contribution in [2.75, 3.05) is 27.4 Å². The molecular formula is C23H24N2O6. The molecule has 0 bridgehead atoms. The van der Waals surface area contributed by atoms with Crippen LogP contribution in [-0.4, -0.2) is 44.5 Å². The molecule has 4 rings (SSSR count). The molecule has 2 N–H and O–H groups in total. The van der Waals surface area contributed by atoms with E-state index in [2.05, 4.69) is 10.3 Å². The van der Waals surface area contributed by atoms with Crippen LogP contribution >= 0.6 is 0 Å². The van der Waals surface area contributed by atoms with Crippen LogP contribution in [0.15, 0.2) is 51.9 Å². The smallest absolute Gasteiger partial charge is 0.256 e. The van der Waals surface area contributed by atoms with Crippen molar-refractivity contribution in [2.24, 2.45) is 4.99 Å². The van der Waals surface area contributed by atoms with Crippen molar-refractivity contribution < 1.29 is 28.5 Å². The molecule has 2 aromatic carbocycles. The molecule has 31 heavy (non-hydrogen) atoms. The van der Waals surface area contributed by atoms with Crippen LogP contribution in [0.1, 0.15) is 23.2 Å². The first-order chi connectivity index (χ1) is 15.1. The van der Waals surface area contributed by atoms with Crippen LogP contribution in [0.25, 0.3) is 11.0 Å². The fourth-order valence-corrected chi connectivity index (χ4v) is 3.45. The Kier molecular flexibility index (Phi) is 6.08. The number of nitrogens with one attached hydrogen (secondary N) is 1. The third-order valence-electron chi connectivity index (χ3n) is 5.10. The molecule has 0 saturated carbocycles. The van der Waals surface area contributed by atoms with Crippen LogP contribution in [0.3, 0.4) is 0 Å². The summed E-state index contributed by atoms with van der Waals surface area (Å²) < 4.78 is 22.1. The SMILES string of the molecule is COc1ccc(N=c2oc3cc(O)ccc3cc2C(=O)NCC2CCCO2)c(OC)c1. The molecule has 1 unspecified atom stereocenters. The van der Waals surface area contributed by atoms with E-state index in [4.69, 9.17) is 18.6 Å². The second kappa shape index (κ2) is 9.09. The van der Waals surface area contributed by atoms with Gasteiger partial charge in [0, 0.05) is 30.7 Å². The monoisotopic (exact) mass is 424 g/mol. The predicted octanol–water partition coefficient (Wildman–Crippen LogP) is 3.30. The van der Waals surface area contributed by atoms with E-state index >= 15 is 0 Å². The number of aromatic hydroxyl groups is 1. The van der Waals surface area contributed by atoms with E-state index in [1.54, 1.807) is 37.4 Å². The number of amides is 1. The lowest BCUT2D eigenvalue weighted by Crippen LogP contribution is -2.34. The number of fused-ring (bicyclic) bond motifs is 1. The van der Waals surface area contributed by atoms with E-state index < -0.39 is 0 Å². The molecule has 1 saturated heterocycles. The van der Waals surface area contributed by atoms with E-state index in [9.17, 15) is 9.90 Å². The number of methoxy groups -OCH3 is 2. The molecule has 3 aromatic rings. The Labute approximate surface area is 179 Å². The third kappa shape index (κ3) is 4.64. The Morgan fingerprint density at radius 2 is 2.06 bits per heavy atom. The number of phenols is 1. The van der Waals surface area contributed by atoms with Crippen LogP contribution in [-0.2, 0) is 4.74 Å². The average Bonchev–Trinajstić information content (AvgIpc) is 3.31. The van der Waals surface area contributed by atoms with Gasteiger partial charge in [-0.2, -0.15) is 0 Å². The predicted molar refractivity (Wildman–Crippen MR) is 114 cm³/mol. The number of benzene rings is 2. The van der Waals surface area contributed by atoms with E-state index in [1.807, 2.05) is 0 Å². The van der Waals surface area contributed by atoms with E-state index in [0.29, 0.717) is 41.3 Å².